The quantitative estimate of drug-likeness (QED) is 0.558. The van der Waals surface area contributed by atoms with Crippen molar-refractivity contribution >= 4 is 22.1 Å². The Bertz CT molecular complexity index is 685. The Hall–Kier alpha value is -1.91. The van der Waals surface area contributed by atoms with E-state index in [1.165, 1.54) is 39.8 Å². The van der Waals surface area contributed by atoms with Gasteiger partial charge in [-0.05, 0) is 24.5 Å². The van der Waals surface area contributed by atoms with Gasteiger partial charge in [0.15, 0.2) is 0 Å². The van der Waals surface area contributed by atoms with Crippen LogP contribution in [0.25, 0.3) is 0 Å². The number of anilines is 1. The van der Waals surface area contributed by atoms with Gasteiger partial charge in [0.2, 0.25) is 0 Å². The Morgan fingerprint density at radius 3 is 2.41 bits per heavy atom. The molecule has 27 heavy (non-hydrogen) atoms. The van der Waals surface area contributed by atoms with Crippen molar-refractivity contribution in [2.24, 2.45) is 0 Å². The SMILES string of the molecule is CN(C)S(=O)(=O)NCCNC(=O)NCc1ccc(N2CCCCCC2)nc1. The molecule has 1 saturated heterocycles. The molecule has 3 N–H and O–H groups in total. The molecule has 1 aromatic rings. The van der Waals surface area contributed by atoms with E-state index in [0.717, 1.165) is 28.8 Å². The van der Waals surface area contributed by atoms with Crippen molar-refractivity contribution in [3.05, 3.63) is 23.9 Å². The standard InChI is InChI=1S/C17H30N6O3S/c1-22(2)27(25,26)21-10-9-18-17(24)20-14-15-7-8-16(19-13-15)23-11-5-3-4-6-12-23/h7-8,13,21H,3-6,9-12,14H2,1-2H3,(H2,18,20,24). The molecule has 2 rings (SSSR count). The predicted octanol–water partition coefficient (Wildman–Crippen LogP) is 0.657. The van der Waals surface area contributed by atoms with Crippen LogP contribution in [-0.2, 0) is 16.8 Å². The Morgan fingerprint density at radius 2 is 1.81 bits per heavy atom. The Morgan fingerprint density at radius 1 is 1.11 bits per heavy atom. The number of amides is 2. The molecule has 0 aliphatic carbocycles. The number of rotatable bonds is 8. The first kappa shape index (κ1) is 21.4. The van der Waals surface area contributed by atoms with E-state index in [0.29, 0.717) is 6.54 Å². The molecule has 9 nitrogen and oxygen atoms in total. The van der Waals surface area contributed by atoms with Gasteiger partial charge >= 0.3 is 6.03 Å². The number of carbonyl (C=O) groups excluding carboxylic acids is 1. The van der Waals surface area contributed by atoms with Crippen molar-refractivity contribution in [2.75, 3.05) is 45.2 Å². The van der Waals surface area contributed by atoms with Gasteiger partial charge in [-0.15, -0.1) is 0 Å². The maximum atomic E-state index is 11.8. The number of carbonyl (C=O) groups is 1. The lowest BCUT2D eigenvalue weighted by Crippen LogP contribution is -2.42. The molecule has 0 atom stereocenters. The fourth-order valence-electron chi connectivity index (χ4n) is 2.74. The fraction of sp³-hybridized carbons (Fsp3) is 0.647. The number of aromatic nitrogens is 1. The number of urea groups is 1. The largest absolute Gasteiger partial charge is 0.357 e. The maximum Gasteiger partial charge on any atom is 0.315 e. The highest BCUT2D eigenvalue weighted by atomic mass is 32.2. The van der Waals surface area contributed by atoms with Gasteiger partial charge in [0.05, 0.1) is 0 Å². The van der Waals surface area contributed by atoms with Crippen LogP contribution in [0, 0.1) is 0 Å². The molecule has 2 heterocycles. The van der Waals surface area contributed by atoms with Crippen LogP contribution in [0.1, 0.15) is 31.2 Å². The molecular weight excluding hydrogens is 368 g/mol. The van der Waals surface area contributed by atoms with E-state index in [2.05, 4.69) is 25.2 Å². The van der Waals surface area contributed by atoms with Crippen LogP contribution < -0.4 is 20.3 Å². The summed E-state index contributed by atoms with van der Waals surface area (Å²) < 4.78 is 26.5. The molecule has 0 radical (unpaired) electrons. The predicted molar refractivity (Wildman–Crippen MR) is 106 cm³/mol. The summed E-state index contributed by atoms with van der Waals surface area (Å²) in [6, 6.07) is 3.62. The van der Waals surface area contributed by atoms with Gasteiger partial charge in [0.1, 0.15) is 5.82 Å². The summed E-state index contributed by atoms with van der Waals surface area (Å²) in [4.78, 5) is 18.6. The topological polar surface area (TPSA) is 107 Å². The smallest absolute Gasteiger partial charge is 0.315 e. The fourth-order valence-corrected chi connectivity index (χ4v) is 3.36. The molecule has 1 fully saturated rings. The van der Waals surface area contributed by atoms with Gasteiger partial charge in [-0.25, -0.2) is 14.5 Å². The molecule has 152 valence electrons. The molecular formula is C17H30N6O3S. The van der Waals surface area contributed by atoms with Crippen molar-refractivity contribution in [2.45, 2.75) is 32.2 Å². The van der Waals surface area contributed by atoms with Crippen LogP contribution in [0.2, 0.25) is 0 Å². The van der Waals surface area contributed by atoms with E-state index < -0.39 is 10.2 Å². The van der Waals surface area contributed by atoms with Gasteiger partial charge in [-0.1, -0.05) is 18.9 Å². The molecule has 10 heteroatoms. The monoisotopic (exact) mass is 398 g/mol. The highest BCUT2D eigenvalue weighted by Crippen LogP contribution is 2.17. The summed E-state index contributed by atoms with van der Waals surface area (Å²) in [5.41, 5.74) is 0.914. The second-order valence-corrected chi connectivity index (χ2v) is 8.69. The van der Waals surface area contributed by atoms with Crippen LogP contribution >= 0.6 is 0 Å². The summed E-state index contributed by atoms with van der Waals surface area (Å²) >= 11 is 0. The van der Waals surface area contributed by atoms with Crippen molar-refractivity contribution in [1.82, 2.24) is 24.6 Å². The second kappa shape index (κ2) is 10.4. The molecule has 1 aliphatic rings. The first-order valence-corrected chi connectivity index (χ1v) is 10.7. The summed E-state index contributed by atoms with van der Waals surface area (Å²) in [5, 5.41) is 5.35. The maximum absolute atomic E-state index is 11.8. The van der Waals surface area contributed by atoms with Crippen LogP contribution in [0.15, 0.2) is 18.3 Å². The molecule has 2 amide bonds. The minimum absolute atomic E-state index is 0.125. The minimum Gasteiger partial charge on any atom is -0.357 e. The summed E-state index contributed by atoms with van der Waals surface area (Å²) in [6.07, 6.45) is 6.76. The average Bonchev–Trinajstić information content (AvgIpc) is 2.93. The van der Waals surface area contributed by atoms with E-state index in [9.17, 15) is 13.2 Å². The third kappa shape index (κ3) is 7.31. The van der Waals surface area contributed by atoms with Crippen LogP contribution in [0.4, 0.5) is 10.6 Å². The first-order chi connectivity index (χ1) is 12.9. The van der Waals surface area contributed by atoms with Crippen molar-refractivity contribution < 1.29 is 13.2 Å². The molecule has 1 aliphatic heterocycles. The van der Waals surface area contributed by atoms with Gasteiger partial charge in [0, 0.05) is 53.0 Å². The van der Waals surface area contributed by atoms with Gasteiger partial charge in [-0.2, -0.15) is 12.7 Å². The minimum atomic E-state index is -3.47. The zero-order chi connectivity index (χ0) is 19.7. The van der Waals surface area contributed by atoms with Crippen molar-refractivity contribution in [3.63, 3.8) is 0 Å². The second-order valence-electron chi connectivity index (χ2n) is 6.72. The van der Waals surface area contributed by atoms with Crippen LogP contribution in [-0.4, -0.2) is 64.0 Å². The summed E-state index contributed by atoms with van der Waals surface area (Å²) in [5.74, 6) is 0.985. The Labute approximate surface area is 161 Å². The lowest BCUT2D eigenvalue weighted by atomic mass is 10.2. The lowest BCUT2D eigenvalue weighted by molar-refractivity contribution is 0.240. The van der Waals surface area contributed by atoms with E-state index in [-0.39, 0.29) is 19.1 Å². The van der Waals surface area contributed by atoms with E-state index in [1.54, 1.807) is 6.20 Å². The molecule has 0 spiro atoms. The average molecular weight is 399 g/mol. The third-order valence-electron chi connectivity index (χ3n) is 4.37. The Kier molecular flexibility index (Phi) is 8.26. The van der Waals surface area contributed by atoms with Gasteiger partial charge < -0.3 is 15.5 Å². The zero-order valence-electron chi connectivity index (χ0n) is 16.1. The molecule has 0 saturated carbocycles. The van der Waals surface area contributed by atoms with E-state index >= 15 is 0 Å². The normalized spacial score (nSPS) is 15.4. The first-order valence-electron chi connectivity index (χ1n) is 9.27. The van der Waals surface area contributed by atoms with Gasteiger partial charge in [0.25, 0.3) is 10.2 Å². The van der Waals surface area contributed by atoms with E-state index in [1.807, 2.05) is 12.1 Å². The number of hydrogen-bond acceptors (Lipinski definition) is 5. The molecule has 0 unspecified atom stereocenters. The Balaban J connectivity index is 1.69. The zero-order valence-corrected chi connectivity index (χ0v) is 16.9. The molecule has 0 aromatic carbocycles. The molecule has 1 aromatic heterocycles. The number of pyridine rings is 1. The number of nitrogens with zero attached hydrogens (tertiary/aromatic N) is 3. The summed E-state index contributed by atoms with van der Waals surface area (Å²) in [7, 11) is -0.590. The highest BCUT2D eigenvalue weighted by Gasteiger charge is 2.12. The van der Waals surface area contributed by atoms with E-state index in [4.69, 9.17) is 0 Å². The van der Waals surface area contributed by atoms with Crippen molar-refractivity contribution in [3.8, 4) is 0 Å². The third-order valence-corrected chi connectivity index (χ3v) is 5.90. The molecule has 0 bridgehead atoms. The lowest BCUT2D eigenvalue weighted by Gasteiger charge is -2.21. The highest BCUT2D eigenvalue weighted by molar-refractivity contribution is 7.87. The van der Waals surface area contributed by atoms with Gasteiger partial charge in [-0.3, -0.25) is 0 Å². The van der Waals surface area contributed by atoms with Crippen LogP contribution in [0.5, 0.6) is 0 Å². The number of nitrogens with one attached hydrogen (secondary N) is 3. The summed E-state index contributed by atoms with van der Waals surface area (Å²) in [6.45, 7) is 2.78. The van der Waals surface area contributed by atoms with Crippen molar-refractivity contribution in [1.29, 1.82) is 0 Å². The number of hydrogen-bond donors (Lipinski definition) is 3. The van der Waals surface area contributed by atoms with Crippen LogP contribution in [0.3, 0.4) is 0 Å².